The van der Waals surface area contributed by atoms with Crippen LogP contribution in [0.4, 0.5) is 0 Å². The Morgan fingerprint density at radius 1 is 1.24 bits per heavy atom. The standard InChI is InChI=1S/C12H19NO3.ClH/c1-4-8(14)12(13)11-9(15-2)6-5-7-10(11)16-3;/h5-8,12,14H,4,13H2,1-3H3;1H/t8-,12-;/m0./s1. The number of aliphatic hydroxyl groups excluding tert-OH is 1. The minimum atomic E-state index is -0.606. The molecule has 3 N–H and O–H groups in total. The zero-order valence-electron chi connectivity index (χ0n) is 10.3. The highest BCUT2D eigenvalue weighted by Crippen LogP contribution is 2.34. The number of halogens is 1. The second-order valence-corrected chi connectivity index (χ2v) is 3.58. The summed E-state index contributed by atoms with van der Waals surface area (Å²) in [5.41, 5.74) is 6.70. The minimum Gasteiger partial charge on any atom is -0.496 e. The summed E-state index contributed by atoms with van der Waals surface area (Å²) >= 11 is 0. The fourth-order valence-corrected chi connectivity index (χ4v) is 1.65. The molecule has 0 saturated carbocycles. The maximum atomic E-state index is 9.78. The van der Waals surface area contributed by atoms with Crippen LogP contribution in [0.25, 0.3) is 0 Å². The molecule has 0 fully saturated rings. The lowest BCUT2D eigenvalue weighted by molar-refractivity contribution is 0.138. The molecule has 0 aliphatic heterocycles. The van der Waals surface area contributed by atoms with Gasteiger partial charge >= 0.3 is 0 Å². The van der Waals surface area contributed by atoms with Crippen molar-refractivity contribution >= 4 is 12.4 Å². The Labute approximate surface area is 108 Å². The van der Waals surface area contributed by atoms with Crippen molar-refractivity contribution in [2.75, 3.05) is 14.2 Å². The van der Waals surface area contributed by atoms with E-state index in [-0.39, 0.29) is 12.4 Å². The van der Waals surface area contributed by atoms with Gasteiger partial charge in [-0.25, -0.2) is 0 Å². The zero-order valence-corrected chi connectivity index (χ0v) is 11.2. The lowest BCUT2D eigenvalue weighted by Crippen LogP contribution is -2.26. The highest BCUT2D eigenvalue weighted by molar-refractivity contribution is 5.85. The SMILES string of the molecule is CC[C@H](O)[C@H](N)c1c(OC)cccc1OC.Cl. The molecule has 0 bridgehead atoms. The molecule has 0 aliphatic rings. The van der Waals surface area contributed by atoms with E-state index >= 15 is 0 Å². The van der Waals surface area contributed by atoms with Gasteiger partial charge in [-0.1, -0.05) is 13.0 Å². The summed E-state index contributed by atoms with van der Waals surface area (Å²) in [6.45, 7) is 1.88. The van der Waals surface area contributed by atoms with Gasteiger partial charge in [0.25, 0.3) is 0 Å². The molecule has 5 heteroatoms. The number of rotatable bonds is 5. The quantitative estimate of drug-likeness (QED) is 0.850. The van der Waals surface area contributed by atoms with Crippen LogP contribution >= 0.6 is 12.4 Å². The van der Waals surface area contributed by atoms with Crippen molar-refractivity contribution < 1.29 is 14.6 Å². The molecule has 0 heterocycles. The summed E-state index contributed by atoms with van der Waals surface area (Å²) in [6, 6.07) is 4.93. The monoisotopic (exact) mass is 261 g/mol. The fourth-order valence-electron chi connectivity index (χ4n) is 1.65. The van der Waals surface area contributed by atoms with Crippen LogP contribution in [0.5, 0.6) is 11.5 Å². The minimum absolute atomic E-state index is 0. The van der Waals surface area contributed by atoms with Crippen molar-refractivity contribution in [2.45, 2.75) is 25.5 Å². The van der Waals surface area contributed by atoms with Gasteiger partial charge in [-0.3, -0.25) is 0 Å². The Bertz CT molecular complexity index is 324. The van der Waals surface area contributed by atoms with Crippen molar-refractivity contribution in [3.8, 4) is 11.5 Å². The lowest BCUT2D eigenvalue weighted by atomic mass is 9.98. The third-order valence-electron chi connectivity index (χ3n) is 2.63. The average Bonchev–Trinajstić information content (AvgIpc) is 2.35. The third-order valence-corrected chi connectivity index (χ3v) is 2.63. The molecule has 1 rings (SSSR count). The van der Waals surface area contributed by atoms with Gasteiger partial charge in [0, 0.05) is 0 Å². The highest BCUT2D eigenvalue weighted by atomic mass is 35.5. The van der Waals surface area contributed by atoms with Crippen LogP contribution in [-0.4, -0.2) is 25.4 Å². The normalized spacial score (nSPS) is 13.5. The molecule has 0 aromatic heterocycles. The van der Waals surface area contributed by atoms with Gasteiger partial charge in [-0.15, -0.1) is 12.4 Å². The van der Waals surface area contributed by atoms with Crippen molar-refractivity contribution in [3.05, 3.63) is 23.8 Å². The van der Waals surface area contributed by atoms with E-state index in [1.54, 1.807) is 26.4 Å². The highest BCUT2D eigenvalue weighted by Gasteiger charge is 2.22. The Hall–Kier alpha value is -0.970. The number of methoxy groups -OCH3 is 2. The van der Waals surface area contributed by atoms with Gasteiger partial charge in [0.2, 0.25) is 0 Å². The summed E-state index contributed by atoms with van der Waals surface area (Å²) < 4.78 is 10.5. The van der Waals surface area contributed by atoms with E-state index in [2.05, 4.69) is 0 Å². The van der Waals surface area contributed by atoms with E-state index in [4.69, 9.17) is 15.2 Å². The molecule has 17 heavy (non-hydrogen) atoms. The van der Waals surface area contributed by atoms with Crippen LogP contribution < -0.4 is 15.2 Å². The Morgan fingerprint density at radius 3 is 2.06 bits per heavy atom. The summed E-state index contributed by atoms with van der Waals surface area (Å²) in [6.07, 6.45) is -0.0206. The van der Waals surface area contributed by atoms with E-state index in [9.17, 15) is 5.11 Å². The molecule has 0 unspecified atom stereocenters. The molecular formula is C12H20ClNO3. The van der Waals surface area contributed by atoms with E-state index < -0.39 is 12.1 Å². The molecule has 98 valence electrons. The molecule has 4 nitrogen and oxygen atoms in total. The molecule has 2 atom stereocenters. The number of aliphatic hydroxyl groups is 1. The first-order valence-electron chi connectivity index (χ1n) is 5.30. The average molecular weight is 262 g/mol. The molecule has 0 radical (unpaired) electrons. The van der Waals surface area contributed by atoms with Gasteiger partial charge in [0.15, 0.2) is 0 Å². The van der Waals surface area contributed by atoms with Crippen LogP contribution in [0.3, 0.4) is 0 Å². The van der Waals surface area contributed by atoms with E-state index in [1.807, 2.05) is 13.0 Å². The van der Waals surface area contributed by atoms with Crippen LogP contribution in [0.2, 0.25) is 0 Å². The molecule has 0 spiro atoms. The fraction of sp³-hybridized carbons (Fsp3) is 0.500. The number of hydrogen-bond donors (Lipinski definition) is 2. The van der Waals surface area contributed by atoms with E-state index in [0.717, 1.165) is 0 Å². The van der Waals surface area contributed by atoms with Crippen LogP contribution in [0, 0.1) is 0 Å². The van der Waals surface area contributed by atoms with Crippen molar-refractivity contribution in [3.63, 3.8) is 0 Å². The van der Waals surface area contributed by atoms with Crippen LogP contribution in [-0.2, 0) is 0 Å². The topological polar surface area (TPSA) is 64.7 Å². The molecular weight excluding hydrogens is 242 g/mol. The van der Waals surface area contributed by atoms with Crippen LogP contribution in [0.15, 0.2) is 18.2 Å². The summed E-state index contributed by atoms with van der Waals surface area (Å²) in [4.78, 5) is 0. The first-order valence-corrected chi connectivity index (χ1v) is 5.30. The molecule has 0 aliphatic carbocycles. The number of hydrogen-bond acceptors (Lipinski definition) is 4. The van der Waals surface area contributed by atoms with Gasteiger partial charge in [-0.2, -0.15) is 0 Å². The third kappa shape index (κ3) is 3.49. The summed E-state index contributed by atoms with van der Waals surface area (Å²) in [7, 11) is 3.15. The Kier molecular flexibility index (Phi) is 6.95. The number of nitrogens with two attached hydrogens (primary N) is 1. The molecule has 0 amide bonds. The second kappa shape index (κ2) is 7.37. The number of benzene rings is 1. The molecule has 0 saturated heterocycles. The summed E-state index contributed by atoms with van der Waals surface area (Å²) in [5, 5.41) is 9.78. The van der Waals surface area contributed by atoms with Crippen LogP contribution in [0.1, 0.15) is 24.9 Å². The molecule has 1 aromatic rings. The van der Waals surface area contributed by atoms with Gasteiger partial charge in [0.05, 0.1) is 31.9 Å². The smallest absolute Gasteiger partial charge is 0.127 e. The van der Waals surface area contributed by atoms with Crippen molar-refractivity contribution in [1.82, 2.24) is 0 Å². The largest absolute Gasteiger partial charge is 0.496 e. The van der Waals surface area contributed by atoms with Gasteiger partial charge in [0.1, 0.15) is 11.5 Å². The Balaban J connectivity index is 0.00000256. The zero-order chi connectivity index (χ0) is 12.1. The lowest BCUT2D eigenvalue weighted by Gasteiger charge is -2.22. The predicted molar refractivity (Wildman–Crippen MR) is 70.0 cm³/mol. The maximum absolute atomic E-state index is 9.78. The van der Waals surface area contributed by atoms with Crippen molar-refractivity contribution in [2.24, 2.45) is 5.73 Å². The first-order chi connectivity index (χ1) is 7.65. The predicted octanol–water partition coefficient (Wildman–Crippen LogP) is 1.90. The van der Waals surface area contributed by atoms with Gasteiger partial charge < -0.3 is 20.3 Å². The van der Waals surface area contributed by atoms with Crippen molar-refractivity contribution in [1.29, 1.82) is 0 Å². The Morgan fingerprint density at radius 2 is 1.71 bits per heavy atom. The number of ether oxygens (including phenoxy) is 2. The molecule has 1 aromatic carbocycles. The maximum Gasteiger partial charge on any atom is 0.127 e. The van der Waals surface area contributed by atoms with Gasteiger partial charge in [-0.05, 0) is 18.6 Å². The van der Waals surface area contributed by atoms with E-state index in [1.165, 1.54) is 0 Å². The summed E-state index contributed by atoms with van der Waals surface area (Å²) in [5.74, 6) is 1.28. The first kappa shape index (κ1) is 16.0. The second-order valence-electron chi connectivity index (χ2n) is 3.58. The van der Waals surface area contributed by atoms with E-state index in [0.29, 0.717) is 23.5 Å².